The summed E-state index contributed by atoms with van der Waals surface area (Å²) in [5, 5.41) is 5.24. The van der Waals surface area contributed by atoms with Crippen LogP contribution in [0.2, 0.25) is 0 Å². The van der Waals surface area contributed by atoms with Crippen LogP contribution >= 0.6 is 22.7 Å². The summed E-state index contributed by atoms with van der Waals surface area (Å²) in [6.07, 6.45) is 0. The third kappa shape index (κ3) is 9.18. The number of aryl methyl sites for hydroxylation is 2. The fraction of sp³-hybridized carbons (Fsp3) is 0.0870. The number of benzene rings is 14. The van der Waals surface area contributed by atoms with E-state index in [2.05, 4.69) is 355 Å². The molecule has 4 heteroatoms. The highest BCUT2D eigenvalue weighted by molar-refractivity contribution is 7.26. The highest BCUT2D eigenvalue weighted by Gasteiger charge is 2.37. The predicted molar refractivity (Wildman–Crippen MR) is 413 cm³/mol. The average Bonchev–Trinajstić information content (AvgIpc) is 1.60. The van der Waals surface area contributed by atoms with Gasteiger partial charge in [-0.05, 0) is 199 Å². The van der Waals surface area contributed by atoms with E-state index in [1.165, 1.54) is 152 Å². The highest BCUT2D eigenvalue weighted by Crippen LogP contribution is 2.54. The van der Waals surface area contributed by atoms with Gasteiger partial charge >= 0.3 is 0 Å². The van der Waals surface area contributed by atoms with Crippen molar-refractivity contribution in [1.82, 2.24) is 0 Å². The molecule has 2 heterocycles. The second kappa shape index (κ2) is 22.4. The van der Waals surface area contributed by atoms with Gasteiger partial charge in [0.25, 0.3) is 0 Å². The van der Waals surface area contributed by atoms with E-state index in [9.17, 15) is 0 Å². The van der Waals surface area contributed by atoms with Crippen LogP contribution in [0.3, 0.4) is 0 Å². The number of hydrogen-bond acceptors (Lipinski definition) is 4. The molecule has 2 aliphatic rings. The van der Waals surface area contributed by atoms with Crippen molar-refractivity contribution in [2.45, 2.75) is 52.4 Å². The van der Waals surface area contributed by atoms with Crippen LogP contribution in [0.25, 0.3) is 118 Å². The Morgan fingerprint density at radius 1 is 0.240 bits per heavy atom. The number of fused-ring (bicyclic) bond motifs is 12. The molecule has 14 aromatic carbocycles. The molecule has 2 nitrogen and oxygen atoms in total. The zero-order valence-electron chi connectivity index (χ0n) is 54.6. The maximum absolute atomic E-state index is 2.49. The van der Waals surface area contributed by atoms with E-state index in [1.807, 2.05) is 22.7 Å². The third-order valence-electron chi connectivity index (χ3n) is 21.0. The molecule has 0 saturated heterocycles. The Hall–Kier alpha value is -10.9. The molecule has 0 aliphatic heterocycles. The van der Waals surface area contributed by atoms with Gasteiger partial charge in [-0.15, -0.1) is 22.7 Å². The Morgan fingerprint density at radius 2 is 0.573 bits per heavy atom. The van der Waals surface area contributed by atoms with Crippen molar-refractivity contribution in [2.75, 3.05) is 9.80 Å². The summed E-state index contributed by atoms with van der Waals surface area (Å²) < 4.78 is 5.26. The lowest BCUT2D eigenvalue weighted by molar-refractivity contribution is 0.660. The van der Waals surface area contributed by atoms with Gasteiger partial charge in [0.1, 0.15) is 0 Å². The quantitative estimate of drug-likeness (QED) is 0.127. The van der Waals surface area contributed by atoms with Crippen LogP contribution in [-0.2, 0) is 10.8 Å². The minimum Gasteiger partial charge on any atom is -0.310 e. The van der Waals surface area contributed by atoms with Crippen molar-refractivity contribution in [2.24, 2.45) is 0 Å². The molecule has 2 aliphatic carbocycles. The zero-order valence-corrected chi connectivity index (χ0v) is 56.2. The Labute approximate surface area is 569 Å². The van der Waals surface area contributed by atoms with E-state index < -0.39 is 0 Å². The maximum Gasteiger partial charge on any atom is 0.0540 e. The van der Waals surface area contributed by atoms with Crippen LogP contribution in [0.4, 0.5) is 34.1 Å². The largest absolute Gasteiger partial charge is 0.310 e. The molecule has 0 bridgehead atoms. The van der Waals surface area contributed by atoms with Crippen LogP contribution in [0.5, 0.6) is 0 Å². The average molecular weight is 1270 g/mol. The second-order valence-electron chi connectivity index (χ2n) is 27.2. The molecule has 0 saturated carbocycles. The first-order valence-corrected chi connectivity index (χ1v) is 35.1. The van der Waals surface area contributed by atoms with Gasteiger partial charge < -0.3 is 9.80 Å². The lowest BCUT2D eigenvalue weighted by Gasteiger charge is -2.30. The van der Waals surface area contributed by atoms with E-state index in [-0.39, 0.29) is 10.8 Å². The molecule has 18 rings (SSSR count). The first kappa shape index (κ1) is 57.8. The number of thiophene rings is 2. The van der Waals surface area contributed by atoms with Gasteiger partial charge in [0.15, 0.2) is 0 Å². The van der Waals surface area contributed by atoms with Gasteiger partial charge in [0.05, 0.1) is 11.4 Å². The molecule has 0 N–H and O–H groups in total. The van der Waals surface area contributed by atoms with Gasteiger partial charge in [-0.25, -0.2) is 0 Å². The normalized spacial score (nSPS) is 13.3. The third-order valence-corrected chi connectivity index (χ3v) is 23.4. The van der Waals surface area contributed by atoms with Crippen molar-refractivity contribution in [3.63, 3.8) is 0 Å². The van der Waals surface area contributed by atoms with Gasteiger partial charge in [-0.3, -0.25) is 0 Å². The standard InChI is InChI=1S/C92H68N2S2/c1-57-53-61(43-51-83(57)93(65-45-37-59(38-46-65)69-27-19-29-77-75-25-11-17-35-87(75)95-89(69)77)85-33-15-9-21-67(85)63-41-49-73-71-23-7-13-31-79(71)91(3,4)81(73)55-63)62-44-52-84(58(2)54-62)94(66-47-39-60(40-48-66)70-28-20-30-78-76-26-12-18-36-88(76)96-90(70)78)86-34-16-10-22-68(86)64-42-50-74-72-24-8-14-32-80(72)92(5,6)82(74)56-64/h7-56H,1-6H3. The topological polar surface area (TPSA) is 6.48 Å². The molecule has 16 aromatic rings. The van der Waals surface area contributed by atoms with Crippen molar-refractivity contribution < 1.29 is 0 Å². The SMILES string of the molecule is Cc1cc(-c2ccc(N(c3ccc(-c4cccc5c4sc4ccccc45)cc3)c3ccccc3-c3ccc4c(c3)C(C)(C)c3ccccc3-4)c(C)c2)ccc1N(c1ccc(-c2cccc3c2sc2ccccc23)cc1)c1ccccc1-c1ccc2c(c1)C(C)(C)c1ccccc1-2. The highest BCUT2D eigenvalue weighted by atomic mass is 32.1. The number of anilines is 6. The maximum atomic E-state index is 2.49. The Kier molecular flexibility index (Phi) is 13.5. The predicted octanol–water partition coefficient (Wildman–Crippen LogP) is 26.9. The summed E-state index contributed by atoms with van der Waals surface area (Å²) in [5.41, 5.74) is 31.6. The summed E-state index contributed by atoms with van der Waals surface area (Å²) in [4.78, 5) is 4.98. The molecule has 458 valence electrons. The number of nitrogens with zero attached hydrogens (tertiary/aromatic N) is 2. The molecule has 0 radical (unpaired) electrons. The second-order valence-corrected chi connectivity index (χ2v) is 29.3. The smallest absolute Gasteiger partial charge is 0.0540 e. The van der Waals surface area contributed by atoms with E-state index in [1.54, 1.807) is 0 Å². The molecule has 0 spiro atoms. The van der Waals surface area contributed by atoms with Crippen molar-refractivity contribution in [3.8, 4) is 77.9 Å². The van der Waals surface area contributed by atoms with Crippen LogP contribution in [-0.4, -0.2) is 0 Å². The minimum absolute atomic E-state index is 0.133. The van der Waals surface area contributed by atoms with Crippen molar-refractivity contribution in [3.05, 3.63) is 337 Å². The van der Waals surface area contributed by atoms with Gasteiger partial charge in [0.2, 0.25) is 0 Å². The fourth-order valence-electron chi connectivity index (χ4n) is 16.1. The van der Waals surface area contributed by atoms with Crippen LogP contribution < -0.4 is 9.80 Å². The van der Waals surface area contributed by atoms with Gasteiger partial charge in [0, 0.05) is 85.1 Å². The molecule has 0 unspecified atom stereocenters. The van der Waals surface area contributed by atoms with E-state index in [0.717, 1.165) is 34.1 Å². The van der Waals surface area contributed by atoms with Gasteiger partial charge in [-0.2, -0.15) is 0 Å². The number of para-hydroxylation sites is 2. The molecule has 96 heavy (non-hydrogen) atoms. The van der Waals surface area contributed by atoms with Crippen molar-refractivity contribution in [1.29, 1.82) is 0 Å². The minimum atomic E-state index is -0.133. The molecule has 0 fully saturated rings. The van der Waals surface area contributed by atoms with Crippen LogP contribution in [0.1, 0.15) is 61.1 Å². The summed E-state index contributed by atoms with van der Waals surface area (Å²) in [6, 6.07) is 114. The van der Waals surface area contributed by atoms with Crippen LogP contribution in [0.15, 0.2) is 303 Å². The lowest BCUT2D eigenvalue weighted by atomic mass is 9.81. The first-order chi connectivity index (χ1) is 46.9. The monoisotopic (exact) mass is 1260 g/mol. The Morgan fingerprint density at radius 3 is 1.00 bits per heavy atom. The number of rotatable bonds is 11. The molecular formula is C92H68N2S2. The molecule has 0 atom stereocenters. The zero-order chi connectivity index (χ0) is 64.6. The van der Waals surface area contributed by atoms with Crippen molar-refractivity contribution >= 4 is 97.1 Å². The van der Waals surface area contributed by atoms with Gasteiger partial charge in [-0.1, -0.05) is 246 Å². The summed E-state index contributed by atoms with van der Waals surface area (Å²) in [7, 11) is 0. The molecule has 2 aromatic heterocycles. The van der Waals surface area contributed by atoms with E-state index in [4.69, 9.17) is 0 Å². The molecule has 0 amide bonds. The first-order valence-electron chi connectivity index (χ1n) is 33.5. The van der Waals surface area contributed by atoms with Crippen LogP contribution in [0, 0.1) is 13.8 Å². The fourth-order valence-corrected chi connectivity index (χ4v) is 18.6. The summed E-state index contributed by atoms with van der Waals surface area (Å²) in [5.74, 6) is 0. The van der Waals surface area contributed by atoms with E-state index in [0.29, 0.717) is 0 Å². The summed E-state index contributed by atoms with van der Waals surface area (Å²) in [6.45, 7) is 14.1. The lowest BCUT2D eigenvalue weighted by Crippen LogP contribution is -2.15. The number of hydrogen-bond donors (Lipinski definition) is 0. The Balaban J connectivity index is 0.744. The molecular weight excluding hydrogens is 1200 g/mol. The Bertz CT molecular complexity index is 5460. The summed E-state index contributed by atoms with van der Waals surface area (Å²) >= 11 is 3.76. The van der Waals surface area contributed by atoms with E-state index >= 15 is 0 Å².